The van der Waals surface area contributed by atoms with E-state index in [1.54, 1.807) is 17.3 Å². The monoisotopic (exact) mass is 364 g/mol. The summed E-state index contributed by atoms with van der Waals surface area (Å²) < 4.78 is 0. The Hall–Kier alpha value is -2.89. The van der Waals surface area contributed by atoms with Crippen LogP contribution in [0.4, 0.5) is 11.4 Å². The summed E-state index contributed by atoms with van der Waals surface area (Å²) in [6.45, 7) is 3.18. The van der Waals surface area contributed by atoms with Crippen LogP contribution in [0.3, 0.4) is 0 Å². The number of aromatic nitrogens is 1. The van der Waals surface area contributed by atoms with Gasteiger partial charge in [0.15, 0.2) is 0 Å². The molecule has 6 heteroatoms. The average molecular weight is 364 g/mol. The Labute approximate surface area is 159 Å². The van der Waals surface area contributed by atoms with E-state index in [9.17, 15) is 9.59 Å². The number of hydrogen-bond acceptors (Lipinski definition) is 4. The van der Waals surface area contributed by atoms with Crippen molar-refractivity contribution in [2.24, 2.45) is 5.92 Å². The molecule has 2 aromatic rings. The summed E-state index contributed by atoms with van der Waals surface area (Å²) in [6, 6.07) is 11.8. The molecule has 1 aromatic heterocycles. The molecule has 1 atom stereocenters. The van der Waals surface area contributed by atoms with Crippen molar-refractivity contribution in [2.45, 2.75) is 25.8 Å². The van der Waals surface area contributed by atoms with Gasteiger partial charge in [0.05, 0.1) is 5.92 Å². The molecule has 2 saturated heterocycles. The van der Waals surface area contributed by atoms with Crippen molar-refractivity contribution >= 4 is 23.2 Å². The van der Waals surface area contributed by atoms with E-state index < -0.39 is 0 Å². The third kappa shape index (κ3) is 4.10. The maximum Gasteiger partial charge on any atom is 0.229 e. The molecule has 1 N–H and O–H groups in total. The molecule has 0 spiro atoms. The highest BCUT2D eigenvalue weighted by Gasteiger charge is 2.34. The molecule has 3 heterocycles. The SMILES string of the molecule is O=C(Nc1ccc(N2CCCC2)cc1)C1CC(=O)N(Cc2ccncc2)C1. The van der Waals surface area contributed by atoms with E-state index >= 15 is 0 Å². The van der Waals surface area contributed by atoms with Crippen molar-refractivity contribution in [3.63, 3.8) is 0 Å². The largest absolute Gasteiger partial charge is 0.372 e. The van der Waals surface area contributed by atoms with Gasteiger partial charge in [-0.3, -0.25) is 14.6 Å². The Balaban J connectivity index is 1.33. The van der Waals surface area contributed by atoms with E-state index in [-0.39, 0.29) is 24.2 Å². The van der Waals surface area contributed by atoms with E-state index in [4.69, 9.17) is 0 Å². The Bertz CT molecular complexity index is 801. The van der Waals surface area contributed by atoms with Gasteiger partial charge >= 0.3 is 0 Å². The van der Waals surface area contributed by atoms with Crippen molar-refractivity contribution in [3.8, 4) is 0 Å². The number of carbonyl (C=O) groups is 2. The van der Waals surface area contributed by atoms with Crippen molar-refractivity contribution < 1.29 is 9.59 Å². The molecule has 0 saturated carbocycles. The van der Waals surface area contributed by atoms with E-state index in [1.165, 1.54) is 18.5 Å². The zero-order valence-corrected chi connectivity index (χ0v) is 15.3. The highest BCUT2D eigenvalue weighted by molar-refractivity contribution is 5.97. The van der Waals surface area contributed by atoms with E-state index in [0.717, 1.165) is 24.3 Å². The molecule has 0 bridgehead atoms. The maximum atomic E-state index is 12.6. The Morgan fingerprint density at radius 3 is 2.48 bits per heavy atom. The van der Waals surface area contributed by atoms with Gasteiger partial charge in [0.25, 0.3) is 0 Å². The highest BCUT2D eigenvalue weighted by atomic mass is 16.2. The lowest BCUT2D eigenvalue weighted by Crippen LogP contribution is -2.28. The average Bonchev–Trinajstić information content (AvgIpc) is 3.34. The summed E-state index contributed by atoms with van der Waals surface area (Å²) in [5.74, 6) is -0.372. The Morgan fingerprint density at radius 1 is 1.07 bits per heavy atom. The van der Waals surface area contributed by atoms with Crippen LogP contribution in [0, 0.1) is 5.92 Å². The molecule has 2 fully saturated rings. The van der Waals surface area contributed by atoms with Gasteiger partial charge < -0.3 is 15.1 Å². The van der Waals surface area contributed by atoms with Crippen LogP contribution in [0.1, 0.15) is 24.8 Å². The number of pyridine rings is 1. The van der Waals surface area contributed by atoms with Crippen LogP contribution in [0.2, 0.25) is 0 Å². The summed E-state index contributed by atoms with van der Waals surface area (Å²) in [6.07, 6.45) is 6.18. The molecule has 27 heavy (non-hydrogen) atoms. The number of nitrogens with one attached hydrogen (secondary N) is 1. The van der Waals surface area contributed by atoms with Crippen LogP contribution in [0.25, 0.3) is 0 Å². The lowest BCUT2D eigenvalue weighted by Gasteiger charge is -2.18. The number of anilines is 2. The quantitative estimate of drug-likeness (QED) is 0.886. The highest BCUT2D eigenvalue weighted by Crippen LogP contribution is 2.24. The third-order valence-electron chi connectivity index (χ3n) is 5.31. The van der Waals surface area contributed by atoms with Crippen LogP contribution < -0.4 is 10.2 Å². The zero-order valence-electron chi connectivity index (χ0n) is 15.3. The second kappa shape index (κ2) is 7.78. The Morgan fingerprint density at radius 2 is 1.78 bits per heavy atom. The first kappa shape index (κ1) is 17.5. The summed E-state index contributed by atoms with van der Waals surface area (Å²) in [7, 11) is 0. The summed E-state index contributed by atoms with van der Waals surface area (Å²) in [5, 5.41) is 2.96. The first-order valence-electron chi connectivity index (χ1n) is 9.51. The number of amides is 2. The standard InChI is InChI=1S/C21H24N4O2/c26-20-13-17(15-25(20)14-16-7-9-22-10-8-16)21(27)23-18-3-5-19(6-4-18)24-11-1-2-12-24/h3-10,17H,1-2,11-15H2,(H,23,27). The smallest absolute Gasteiger partial charge is 0.229 e. The molecule has 6 nitrogen and oxygen atoms in total. The van der Waals surface area contributed by atoms with Gasteiger partial charge in [0.2, 0.25) is 11.8 Å². The fraction of sp³-hybridized carbons (Fsp3) is 0.381. The van der Waals surface area contributed by atoms with Crippen molar-refractivity contribution in [3.05, 3.63) is 54.4 Å². The molecular weight excluding hydrogens is 340 g/mol. The van der Waals surface area contributed by atoms with E-state index in [0.29, 0.717) is 13.1 Å². The zero-order chi connectivity index (χ0) is 18.6. The fourth-order valence-corrected chi connectivity index (χ4v) is 3.78. The molecule has 140 valence electrons. The number of hydrogen-bond donors (Lipinski definition) is 1. The molecular formula is C21H24N4O2. The lowest BCUT2D eigenvalue weighted by atomic mass is 10.1. The molecule has 0 aliphatic carbocycles. The van der Waals surface area contributed by atoms with Gasteiger partial charge in [-0.1, -0.05) is 0 Å². The number of carbonyl (C=O) groups excluding carboxylic acids is 2. The first-order chi connectivity index (χ1) is 13.2. The molecule has 1 aromatic carbocycles. The third-order valence-corrected chi connectivity index (χ3v) is 5.31. The fourth-order valence-electron chi connectivity index (χ4n) is 3.78. The van der Waals surface area contributed by atoms with Gasteiger partial charge in [0.1, 0.15) is 0 Å². The van der Waals surface area contributed by atoms with Gasteiger partial charge in [-0.2, -0.15) is 0 Å². The van der Waals surface area contributed by atoms with Gasteiger partial charge in [-0.25, -0.2) is 0 Å². The molecule has 2 amide bonds. The predicted molar refractivity (Wildman–Crippen MR) is 104 cm³/mol. The second-order valence-electron chi connectivity index (χ2n) is 7.26. The predicted octanol–water partition coefficient (Wildman–Crippen LogP) is 2.67. The van der Waals surface area contributed by atoms with Crippen molar-refractivity contribution in [1.82, 2.24) is 9.88 Å². The molecule has 2 aliphatic heterocycles. The summed E-state index contributed by atoms with van der Waals surface area (Å²) in [4.78, 5) is 32.9. The lowest BCUT2D eigenvalue weighted by molar-refractivity contribution is -0.128. The van der Waals surface area contributed by atoms with Gasteiger partial charge in [0, 0.05) is 56.4 Å². The van der Waals surface area contributed by atoms with Crippen molar-refractivity contribution in [1.29, 1.82) is 0 Å². The van der Waals surface area contributed by atoms with Crippen LogP contribution >= 0.6 is 0 Å². The van der Waals surface area contributed by atoms with Crippen LogP contribution in [-0.4, -0.2) is 41.3 Å². The topological polar surface area (TPSA) is 65.5 Å². The van der Waals surface area contributed by atoms with E-state index in [1.807, 2.05) is 24.3 Å². The molecule has 2 aliphatic rings. The molecule has 4 rings (SSSR count). The first-order valence-corrected chi connectivity index (χ1v) is 9.51. The minimum absolute atomic E-state index is 0.0244. The van der Waals surface area contributed by atoms with Crippen molar-refractivity contribution in [2.75, 3.05) is 29.9 Å². The van der Waals surface area contributed by atoms with Crippen LogP contribution in [0.5, 0.6) is 0 Å². The summed E-state index contributed by atoms with van der Waals surface area (Å²) in [5.41, 5.74) is 3.00. The number of nitrogens with zero attached hydrogens (tertiary/aromatic N) is 3. The van der Waals surface area contributed by atoms with Crippen LogP contribution in [-0.2, 0) is 16.1 Å². The molecule has 0 radical (unpaired) electrons. The van der Waals surface area contributed by atoms with Gasteiger partial charge in [-0.15, -0.1) is 0 Å². The van der Waals surface area contributed by atoms with E-state index in [2.05, 4.69) is 27.3 Å². The number of benzene rings is 1. The van der Waals surface area contributed by atoms with Gasteiger partial charge in [-0.05, 0) is 54.8 Å². The maximum absolute atomic E-state index is 12.6. The molecule has 1 unspecified atom stereocenters. The second-order valence-corrected chi connectivity index (χ2v) is 7.26. The minimum Gasteiger partial charge on any atom is -0.372 e. The normalized spacial score (nSPS) is 19.6. The number of rotatable bonds is 5. The Kier molecular flexibility index (Phi) is 5.05. The minimum atomic E-state index is -0.308. The number of likely N-dealkylation sites (tertiary alicyclic amines) is 1. The van der Waals surface area contributed by atoms with Crippen LogP contribution in [0.15, 0.2) is 48.8 Å². The summed E-state index contributed by atoms with van der Waals surface area (Å²) >= 11 is 0.